The van der Waals surface area contributed by atoms with E-state index in [2.05, 4.69) is 4.90 Å². The summed E-state index contributed by atoms with van der Waals surface area (Å²) in [6, 6.07) is 0.159. The summed E-state index contributed by atoms with van der Waals surface area (Å²) in [4.78, 5) is 25.6. The first-order chi connectivity index (χ1) is 6.52. The molecular formula is C9H17N3O2. The van der Waals surface area contributed by atoms with Gasteiger partial charge in [-0.1, -0.05) is 0 Å². The molecular weight excluding hydrogens is 182 g/mol. The van der Waals surface area contributed by atoms with Crippen molar-refractivity contribution in [1.82, 2.24) is 9.80 Å². The van der Waals surface area contributed by atoms with Gasteiger partial charge in [-0.15, -0.1) is 0 Å². The minimum atomic E-state index is -0.869. The minimum Gasteiger partial charge on any atom is -0.361 e. The van der Waals surface area contributed by atoms with Crippen LogP contribution in [-0.2, 0) is 9.59 Å². The third kappa shape index (κ3) is 2.45. The number of nitrogens with zero attached hydrogens (tertiary/aromatic N) is 2. The molecule has 1 saturated heterocycles. The Morgan fingerprint density at radius 2 is 1.86 bits per heavy atom. The van der Waals surface area contributed by atoms with Crippen LogP contribution in [0.3, 0.4) is 0 Å². The first-order valence-electron chi connectivity index (χ1n) is 4.77. The maximum Gasteiger partial charge on any atom is 0.311 e. The number of nitrogens with two attached hydrogens (primary N) is 1. The number of piperidine rings is 1. The quantitative estimate of drug-likeness (QED) is 0.552. The predicted octanol–water partition coefficient (Wildman–Crippen LogP) is -0.976. The van der Waals surface area contributed by atoms with Crippen LogP contribution in [0.5, 0.6) is 0 Å². The second-order valence-corrected chi connectivity index (χ2v) is 3.81. The number of primary amides is 1. The predicted molar refractivity (Wildman–Crippen MR) is 52.5 cm³/mol. The molecule has 0 unspecified atom stereocenters. The summed E-state index contributed by atoms with van der Waals surface area (Å²) in [6.07, 6.45) is 1.82. The summed E-state index contributed by atoms with van der Waals surface area (Å²) in [5.74, 6) is -1.45. The van der Waals surface area contributed by atoms with E-state index in [9.17, 15) is 9.59 Å². The van der Waals surface area contributed by atoms with Crippen LogP contribution in [0.2, 0.25) is 0 Å². The van der Waals surface area contributed by atoms with Crippen LogP contribution >= 0.6 is 0 Å². The molecule has 1 fully saturated rings. The Kier molecular flexibility index (Phi) is 3.46. The summed E-state index contributed by atoms with van der Waals surface area (Å²) in [5, 5.41) is 0. The van der Waals surface area contributed by atoms with Gasteiger partial charge in [0.25, 0.3) is 0 Å². The average molecular weight is 199 g/mol. The molecule has 0 spiro atoms. The zero-order valence-corrected chi connectivity index (χ0v) is 8.69. The molecule has 80 valence electrons. The molecule has 1 rings (SSSR count). The molecule has 0 aromatic rings. The van der Waals surface area contributed by atoms with Crippen molar-refractivity contribution in [1.29, 1.82) is 0 Å². The average Bonchev–Trinajstić information content (AvgIpc) is 2.16. The van der Waals surface area contributed by atoms with Crippen molar-refractivity contribution in [3.05, 3.63) is 0 Å². The SMILES string of the molecule is CN1CCC(N(C)C(=O)C(N)=O)CC1. The summed E-state index contributed by atoms with van der Waals surface area (Å²) in [6.45, 7) is 1.92. The van der Waals surface area contributed by atoms with Gasteiger partial charge in [0.15, 0.2) is 0 Å². The van der Waals surface area contributed by atoms with E-state index in [1.807, 2.05) is 7.05 Å². The normalized spacial score (nSPS) is 19.3. The van der Waals surface area contributed by atoms with Crippen molar-refractivity contribution in [2.45, 2.75) is 18.9 Å². The molecule has 5 heteroatoms. The van der Waals surface area contributed by atoms with Gasteiger partial charge >= 0.3 is 11.8 Å². The molecule has 2 N–H and O–H groups in total. The van der Waals surface area contributed by atoms with Crippen molar-refractivity contribution in [3.63, 3.8) is 0 Å². The summed E-state index contributed by atoms with van der Waals surface area (Å²) < 4.78 is 0. The number of carbonyl (C=O) groups excluding carboxylic acids is 2. The molecule has 0 bridgehead atoms. The highest BCUT2D eigenvalue weighted by Gasteiger charge is 2.26. The topological polar surface area (TPSA) is 66.6 Å². The fourth-order valence-corrected chi connectivity index (χ4v) is 1.72. The van der Waals surface area contributed by atoms with Gasteiger partial charge in [-0.3, -0.25) is 9.59 Å². The van der Waals surface area contributed by atoms with Crippen molar-refractivity contribution in [3.8, 4) is 0 Å². The van der Waals surface area contributed by atoms with E-state index in [4.69, 9.17) is 5.73 Å². The van der Waals surface area contributed by atoms with Gasteiger partial charge in [0.2, 0.25) is 0 Å². The molecule has 0 atom stereocenters. The molecule has 0 radical (unpaired) electrons. The zero-order valence-electron chi connectivity index (χ0n) is 8.69. The second-order valence-electron chi connectivity index (χ2n) is 3.81. The fourth-order valence-electron chi connectivity index (χ4n) is 1.72. The lowest BCUT2D eigenvalue weighted by molar-refractivity contribution is -0.145. The molecule has 14 heavy (non-hydrogen) atoms. The highest BCUT2D eigenvalue weighted by molar-refractivity contribution is 6.34. The molecule has 0 aromatic heterocycles. The van der Waals surface area contributed by atoms with E-state index in [0.29, 0.717) is 0 Å². The smallest absolute Gasteiger partial charge is 0.311 e. The van der Waals surface area contributed by atoms with Gasteiger partial charge in [0.1, 0.15) is 0 Å². The number of rotatable bonds is 1. The minimum absolute atomic E-state index is 0.159. The molecule has 0 aromatic carbocycles. The zero-order chi connectivity index (χ0) is 10.7. The van der Waals surface area contributed by atoms with Crippen molar-refractivity contribution < 1.29 is 9.59 Å². The Hall–Kier alpha value is -1.10. The second kappa shape index (κ2) is 4.41. The molecule has 1 heterocycles. The van der Waals surface area contributed by atoms with E-state index in [0.717, 1.165) is 25.9 Å². The number of likely N-dealkylation sites (tertiary alicyclic amines) is 1. The van der Waals surface area contributed by atoms with E-state index >= 15 is 0 Å². The van der Waals surface area contributed by atoms with Crippen LogP contribution in [-0.4, -0.2) is 54.8 Å². The van der Waals surface area contributed by atoms with Crippen LogP contribution < -0.4 is 5.73 Å². The Morgan fingerprint density at radius 1 is 1.36 bits per heavy atom. The molecule has 1 aliphatic heterocycles. The lowest BCUT2D eigenvalue weighted by Crippen LogP contribution is -2.48. The van der Waals surface area contributed by atoms with Crippen LogP contribution in [0.1, 0.15) is 12.8 Å². The third-order valence-electron chi connectivity index (χ3n) is 2.77. The van der Waals surface area contributed by atoms with Crippen molar-refractivity contribution in [2.24, 2.45) is 5.73 Å². The highest BCUT2D eigenvalue weighted by Crippen LogP contribution is 2.13. The monoisotopic (exact) mass is 199 g/mol. The van der Waals surface area contributed by atoms with E-state index in [1.54, 1.807) is 7.05 Å². The van der Waals surface area contributed by atoms with Crippen molar-refractivity contribution in [2.75, 3.05) is 27.2 Å². The first-order valence-corrected chi connectivity index (χ1v) is 4.77. The number of hydrogen-bond acceptors (Lipinski definition) is 3. The number of hydrogen-bond donors (Lipinski definition) is 1. The summed E-state index contributed by atoms with van der Waals surface area (Å²) >= 11 is 0. The molecule has 0 saturated carbocycles. The maximum absolute atomic E-state index is 11.3. The van der Waals surface area contributed by atoms with Crippen LogP contribution in [0.4, 0.5) is 0 Å². The fraction of sp³-hybridized carbons (Fsp3) is 0.778. The Labute approximate surface area is 83.8 Å². The lowest BCUT2D eigenvalue weighted by Gasteiger charge is -2.34. The first kappa shape index (κ1) is 11.0. The Balaban J connectivity index is 2.49. The third-order valence-corrected chi connectivity index (χ3v) is 2.77. The Bertz CT molecular complexity index is 234. The van der Waals surface area contributed by atoms with Crippen LogP contribution in [0, 0.1) is 0 Å². The molecule has 2 amide bonds. The van der Waals surface area contributed by atoms with E-state index < -0.39 is 11.8 Å². The summed E-state index contributed by atoms with van der Waals surface area (Å²) in [5.41, 5.74) is 4.93. The standard InChI is InChI=1S/C9H17N3O2/c1-11-5-3-7(4-6-11)12(2)9(14)8(10)13/h7H,3-6H2,1-2H3,(H2,10,13). The number of amides is 2. The van der Waals surface area contributed by atoms with Gasteiger partial charge in [-0.25, -0.2) is 0 Å². The molecule has 1 aliphatic rings. The highest BCUT2D eigenvalue weighted by atomic mass is 16.2. The van der Waals surface area contributed by atoms with Gasteiger partial charge in [0.05, 0.1) is 0 Å². The molecule has 5 nitrogen and oxygen atoms in total. The largest absolute Gasteiger partial charge is 0.361 e. The van der Waals surface area contributed by atoms with Gasteiger partial charge in [0, 0.05) is 13.1 Å². The van der Waals surface area contributed by atoms with Crippen molar-refractivity contribution >= 4 is 11.8 Å². The summed E-state index contributed by atoms with van der Waals surface area (Å²) in [7, 11) is 3.69. The number of likely N-dealkylation sites (N-methyl/N-ethyl adjacent to an activating group) is 1. The lowest BCUT2D eigenvalue weighted by atomic mass is 10.0. The maximum atomic E-state index is 11.3. The molecule has 0 aliphatic carbocycles. The van der Waals surface area contributed by atoms with E-state index in [1.165, 1.54) is 4.90 Å². The van der Waals surface area contributed by atoms with Gasteiger partial charge < -0.3 is 15.5 Å². The number of carbonyl (C=O) groups is 2. The van der Waals surface area contributed by atoms with Gasteiger partial charge in [-0.2, -0.15) is 0 Å². The van der Waals surface area contributed by atoms with Crippen LogP contribution in [0.15, 0.2) is 0 Å². The van der Waals surface area contributed by atoms with E-state index in [-0.39, 0.29) is 6.04 Å². The van der Waals surface area contributed by atoms with Gasteiger partial charge in [-0.05, 0) is 33.0 Å². The van der Waals surface area contributed by atoms with Crippen LogP contribution in [0.25, 0.3) is 0 Å². The Morgan fingerprint density at radius 3 is 2.29 bits per heavy atom.